The van der Waals surface area contributed by atoms with Crippen LogP contribution in [0.3, 0.4) is 0 Å². The molecule has 0 heterocycles. The molecule has 0 aromatic heterocycles. The Kier molecular flexibility index (Phi) is 6.96. The number of carbonyl (C=O) groups is 2. The fourth-order valence-corrected chi connectivity index (χ4v) is 2.48. The van der Waals surface area contributed by atoms with Crippen LogP contribution in [0.2, 0.25) is 10.0 Å². The minimum Gasteiger partial charge on any atom is -0.452 e. The topological polar surface area (TPSA) is 70.4 Å². The Bertz CT molecular complexity index is 851. The number of nitrogens with zero attached hydrogens (tertiary/aromatic N) is 2. The molecule has 26 heavy (non-hydrogen) atoms. The first-order valence-electron chi connectivity index (χ1n) is 7.47. The van der Waals surface area contributed by atoms with Gasteiger partial charge >= 0.3 is 5.97 Å². The average molecular weight is 395 g/mol. The number of benzene rings is 2. The molecule has 0 N–H and O–H groups in total. The van der Waals surface area contributed by atoms with Gasteiger partial charge in [-0.05, 0) is 42.5 Å². The Morgan fingerprint density at radius 2 is 1.85 bits per heavy atom. The number of esters is 1. The van der Waals surface area contributed by atoms with Crippen LogP contribution in [-0.4, -0.2) is 25.0 Å². The molecule has 1 amide bonds. The highest BCUT2D eigenvalue weighted by atomic mass is 35.5. The number of hydrogen-bond acceptors (Lipinski definition) is 4. The zero-order valence-corrected chi connectivity index (χ0v) is 14.9. The first-order valence-corrected chi connectivity index (χ1v) is 8.23. The first kappa shape index (κ1) is 19.7. The Morgan fingerprint density at radius 1 is 1.15 bits per heavy atom. The van der Waals surface area contributed by atoms with Gasteiger partial charge in [0, 0.05) is 17.3 Å². The highest BCUT2D eigenvalue weighted by Crippen LogP contribution is 2.21. The molecule has 0 spiro atoms. The fourth-order valence-electron chi connectivity index (χ4n) is 2.12. The summed E-state index contributed by atoms with van der Waals surface area (Å²) in [5, 5.41) is 9.20. The lowest BCUT2D eigenvalue weighted by Crippen LogP contribution is -2.35. The van der Waals surface area contributed by atoms with E-state index in [2.05, 4.69) is 0 Å². The summed E-state index contributed by atoms with van der Waals surface area (Å²) in [5.74, 6) is -1.81. The SMILES string of the molecule is N#CCCN(C(=O)COC(=O)c1cc(Cl)ccc1Cl)c1ccc(F)cc1. The van der Waals surface area contributed by atoms with E-state index in [0.29, 0.717) is 10.7 Å². The lowest BCUT2D eigenvalue weighted by Gasteiger charge is -2.21. The van der Waals surface area contributed by atoms with Crippen LogP contribution in [0, 0.1) is 17.1 Å². The number of carbonyl (C=O) groups excluding carboxylic acids is 2. The van der Waals surface area contributed by atoms with E-state index in [9.17, 15) is 14.0 Å². The fraction of sp³-hybridized carbons (Fsp3) is 0.167. The van der Waals surface area contributed by atoms with Gasteiger partial charge in [0.2, 0.25) is 0 Å². The van der Waals surface area contributed by atoms with Gasteiger partial charge in [0.15, 0.2) is 6.61 Å². The summed E-state index contributed by atoms with van der Waals surface area (Å²) < 4.78 is 18.1. The van der Waals surface area contributed by atoms with E-state index in [1.165, 1.54) is 47.4 Å². The molecule has 0 fully saturated rings. The normalized spacial score (nSPS) is 10.1. The number of halogens is 3. The van der Waals surface area contributed by atoms with E-state index in [1.807, 2.05) is 6.07 Å². The molecule has 2 aromatic rings. The molecule has 0 aliphatic heterocycles. The standard InChI is InChI=1S/C18H13Cl2FN2O3/c19-12-2-7-16(20)15(10-12)18(25)26-11-17(24)23(9-1-8-22)14-5-3-13(21)4-6-14/h2-7,10H,1,9,11H2. The third-order valence-electron chi connectivity index (χ3n) is 3.36. The van der Waals surface area contributed by atoms with E-state index < -0.39 is 24.3 Å². The lowest BCUT2D eigenvalue weighted by molar-refractivity contribution is -0.121. The first-order chi connectivity index (χ1) is 12.4. The van der Waals surface area contributed by atoms with Crippen molar-refractivity contribution < 1.29 is 18.7 Å². The Balaban J connectivity index is 2.09. The lowest BCUT2D eigenvalue weighted by atomic mass is 10.2. The second-order valence-corrected chi connectivity index (χ2v) is 5.97. The van der Waals surface area contributed by atoms with Crippen LogP contribution >= 0.6 is 23.2 Å². The molecule has 0 aliphatic rings. The van der Waals surface area contributed by atoms with Crippen molar-refractivity contribution in [2.45, 2.75) is 6.42 Å². The van der Waals surface area contributed by atoms with Crippen LogP contribution in [0.1, 0.15) is 16.8 Å². The summed E-state index contributed by atoms with van der Waals surface area (Å²) in [6.45, 7) is -0.485. The average Bonchev–Trinajstić information content (AvgIpc) is 2.63. The van der Waals surface area contributed by atoms with Crippen molar-refractivity contribution in [1.29, 1.82) is 5.26 Å². The summed E-state index contributed by atoms with van der Waals surface area (Å²) in [5.41, 5.74) is 0.431. The van der Waals surface area contributed by atoms with Crippen molar-refractivity contribution >= 4 is 40.8 Å². The van der Waals surface area contributed by atoms with Crippen molar-refractivity contribution in [2.24, 2.45) is 0 Å². The van der Waals surface area contributed by atoms with Crippen LogP contribution < -0.4 is 4.90 Å². The summed E-state index contributed by atoms with van der Waals surface area (Å²) in [6.07, 6.45) is 0.0667. The third-order valence-corrected chi connectivity index (χ3v) is 3.93. The number of hydrogen-bond donors (Lipinski definition) is 0. The molecule has 0 atom stereocenters. The van der Waals surface area contributed by atoms with Crippen molar-refractivity contribution in [3.63, 3.8) is 0 Å². The van der Waals surface area contributed by atoms with Crippen LogP contribution in [-0.2, 0) is 9.53 Å². The Morgan fingerprint density at radius 3 is 2.50 bits per heavy atom. The van der Waals surface area contributed by atoms with Gasteiger partial charge in [-0.1, -0.05) is 23.2 Å². The molecule has 0 saturated heterocycles. The molecule has 0 saturated carbocycles. The third kappa shape index (κ3) is 5.19. The van der Waals surface area contributed by atoms with E-state index in [-0.39, 0.29) is 23.6 Å². The maximum Gasteiger partial charge on any atom is 0.340 e. The van der Waals surface area contributed by atoms with E-state index in [1.54, 1.807) is 0 Å². The molecule has 8 heteroatoms. The van der Waals surface area contributed by atoms with Gasteiger partial charge in [-0.2, -0.15) is 5.26 Å². The molecule has 0 bridgehead atoms. The van der Waals surface area contributed by atoms with Crippen LogP contribution in [0.5, 0.6) is 0 Å². The molecule has 0 radical (unpaired) electrons. The van der Waals surface area contributed by atoms with Crippen LogP contribution in [0.15, 0.2) is 42.5 Å². The largest absolute Gasteiger partial charge is 0.452 e. The van der Waals surface area contributed by atoms with Crippen molar-refractivity contribution in [2.75, 3.05) is 18.1 Å². The molecular formula is C18H13Cl2FN2O3. The molecule has 2 aromatic carbocycles. The quantitative estimate of drug-likeness (QED) is 0.687. The van der Waals surface area contributed by atoms with Crippen molar-refractivity contribution in [3.8, 4) is 6.07 Å². The molecule has 134 valence electrons. The van der Waals surface area contributed by atoms with Gasteiger partial charge in [-0.15, -0.1) is 0 Å². The predicted octanol–water partition coefficient (Wildman–Crippen LogP) is 4.24. The summed E-state index contributed by atoms with van der Waals surface area (Å²) in [6, 6.07) is 11.4. The predicted molar refractivity (Wildman–Crippen MR) is 95.7 cm³/mol. The van der Waals surface area contributed by atoms with Crippen LogP contribution in [0.25, 0.3) is 0 Å². The Hall–Kier alpha value is -2.62. The Labute approximate surface area is 159 Å². The second-order valence-electron chi connectivity index (χ2n) is 5.13. The van der Waals surface area contributed by atoms with Gasteiger partial charge in [0.05, 0.1) is 23.1 Å². The van der Waals surface area contributed by atoms with Crippen molar-refractivity contribution in [3.05, 3.63) is 63.9 Å². The van der Waals surface area contributed by atoms with E-state index in [4.69, 9.17) is 33.2 Å². The maximum absolute atomic E-state index is 13.1. The van der Waals surface area contributed by atoms with Crippen molar-refractivity contribution in [1.82, 2.24) is 0 Å². The smallest absolute Gasteiger partial charge is 0.340 e. The number of anilines is 1. The zero-order valence-electron chi connectivity index (χ0n) is 13.4. The number of nitriles is 1. The molecule has 0 unspecified atom stereocenters. The van der Waals surface area contributed by atoms with Gasteiger partial charge in [-0.3, -0.25) is 4.79 Å². The number of amides is 1. The monoisotopic (exact) mass is 394 g/mol. The van der Waals surface area contributed by atoms with Gasteiger partial charge in [0.1, 0.15) is 5.82 Å². The van der Waals surface area contributed by atoms with E-state index >= 15 is 0 Å². The molecule has 5 nitrogen and oxygen atoms in total. The molecule has 2 rings (SSSR count). The van der Waals surface area contributed by atoms with E-state index in [0.717, 1.165) is 0 Å². The molecule has 0 aliphatic carbocycles. The maximum atomic E-state index is 13.1. The second kappa shape index (κ2) is 9.18. The van der Waals surface area contributed by atoms with Gasteiger partial charge in [-0.25, -0.2) is 9.18 Å². The van der Waals surface area contributed by atoms with Gasteiger partial charge in [0.25, 0.3) is 5.91 Å². The minimum absolute atomic E-state index is 0.0392. The summed E-state index contributed by atoms with van der Waals surface area (Å²) >= 11 is 11.7. The zero-order chi connectivity index (χ0) is 19.1. The highest BCUT2D eigenvalue weighted by molar-refractivity contribution is 6.35. The number of ether oxygens (including phenoxy) is 1. The summed E-state index contributed by atoms with van der Waals surface area (Å²) in [4.78, 5) is 25.8. The van der Waals surface area contributed by atoms with Gasteiger partial charge < -0.3 is 9.64 Å². The number of rotatable bonds is 6. The van der Waals surface area contributed by atoms with Crippen LogP contribution in [0.4, 0.5) is 10.1 Å². The highest BCUT2D eigenvalue weighted by Gasteiger charge is 2.19. The summed E-state index contributed by atoms with van der Waals surface area (Å²) in [7, 11) is 0. The molecular weight excluding hydrogens is 382 g/mol. The minimum atomic E-state index is -0.801.